The van der Waals surface area contributed by atoms with Gasteiger partial charge in [-0.15, -0.1) is 11.6 Å². The second kappa shape index (κ2) is 6.69. The maximum Gasteiger partial charge on any atom is 0.420 e. The van der Waals surface area contributed by atoms with Crippen molar-refractivity contribution in [3.05, 3.63) is 23.8 Å². The first-order valence-electron chi connectivity index (χ1n) is 5.64. The number of amides is 2. The molecule has 4 nitrogen and oxygen atoms in total. The van der Waals surface area contributed by atoms with Gasteiger partial charge in [-0.25, -0.2) is 4.79 Å². The van der Waals surface area contributed by atoms with Crippen LogP contribution < -0.4 is 10.1 Å². The van der Waals surface area contributed by atoms with E-state index in [0.29, 0.717) is 0 Å². The van der Waals surface area contributed by atoms with Crippen LogP contribution in [-0.2, 0) is 6.18 Å². The first-order chi connectivity index (χ1) is 9.25. The van der Waals surface area contributed by atoms with Crippen LogP contribution in [0.5, 0.6) is 5.75 Å². The molecule has 1 N–H and O–H groups in total. The number of urea groups is 1. The Morgan fingerprint density at radius 2 is 2.05 bits per heavy atom. The van der Waals surface area contributed by atoms with Gasteiger partial charge in [-0.3, -0.25) is 0 Å². The molecule has 112 valence electrons. The summed E-state index contributed by atoms with van der Waals surface area (Å²) in [6.07, 6.45) is -4.58. The highest BCUT2D eigenvalue weighted by molar-refractivity contribution is 6.18. The van der Waals surface area contributed by atoms with E-state index in [9.17, 15) is 18.0 Å². The van der Waals surface area contributed by atoms with Crippen molar-refractivity contribution in [1.82, 2.24) is 4.90 Å². The first kappa shape index (κ1) is 16.4. The van der Waals surface area contributed by atoms with Gasteiger partial charge >= 0.3 is 12.2 Å². The number of benzene rings is 1. The molecule has 0 bridgehead atoms. The predicted octanol–water partition coefficient (Wildman–Crippen LogP) is 3.42. The lowest BCUT2D eigenvalue weighted by Gasteiger charge is -2.16. The summed E-state index contributed by atoms with van der Waals surface area (Å²) in [6.45, 7) is -0.0337. The van der Waals surface area contributed by atoms with Gasteiger partial charge in [-0.2, -0.15) is 13.2 Å². The Morgan fingerprint density at radius 1 is 1.40 bits per heavy atom. The lowest BCUT2D eigenvalue weighted by Crippen LogP contribution is -2.27. The quantitative estimate of drug-likeness (QED) is 0.866. The van der Waals surface area contributed by atoms with Crippen LogP contribution in [-0.4, -0.2) is 37.5 Å². The minimum Gasteiger partial charge on any atom is -0.492 e. The molecule has 0 saturated heterocycles. The Labute approximate surface area is 119 Å². The number of hydrogen-bond acceptors (Lipinski definition) is 2. The molecule has 8 heteroatoms. The molecule has 1 aromatic carbocycles. The minimum absolute atomic E-state index is 0.0337. The van der Waals surface area contributed by atoms with Crippen molar-refractivity contribution in [2.75, 3.05) is 31.9 Å². The molecule has 1 rings (SSSR count). The standard InChI is InChI=1S/C12H14ClF3N2O2/c1-18(2)11(19)17-8-3-4-10(20-6-5-13)9(7-8)12(14,15)16/h3-4,7H,5-6H2,1-2H3,(H,17,19). The fraction of sp³-hybridized carbons (Fsp3) is 0.417. The van der Waals surface area contributed by atoms with Gasteiger partial charge in [0.25, 0.3) is 0 Å². The number of anilines is 1. The van der Waals surface area contributed by atoms with Crippen LogP contribution in [0.15, 0.2) is 18.2 Å². The summed E-state index contributed by atoms with van der Waals surface area (Å²) in [6, 6.07) is 2.79. The molecular weight excluding hydrogens is 297 g/mol. The maximum atomic E-state index is 12.9. The number of rotatable bonds is 4. The van der Waals surface area contributed by atoms with E-state index in [-0.39, 0.29) is 23.9 Å². The first-order valence-corrected chi connectivity index (χ1v) is 6.17. The fourth-order valence-corrected chi connectivity index (χ4v) is 1.42. The highest BCUT2D eigenvalue weighted by Crippen LogP contribution is 2.37. The summed E-state index contributed by atoms with van der Waals surface area (Å²) < 4.78 is 43.7. The number of hydrogen-bond donors (Lipinski definition) is 1. The van der Waals surface area contributed by atoms with Crippen molar-refractivity contribution >= 4 is 23.3 Å². The van der Waals surface area contributed by atoms with E-state index in [0.717, 1.165) is 12.1 Å². The number of carbonyl (C=O) groups excluding carboxylic acids is 1. The van der Waals surface area contributed by atoms with Crippen LogP contribution in [0.25, 0.3) is 0 Å². The van der Waals surface area contributed by atoms with Gasteiger partial charge in [-0.05, 0) is 18.2 Å². The molecule has 0 radical (unpaired) electrons. The summed E-state index contributed by atoms with van der Waals surface area (Å²) in [7, 11) is 2.97. The van der Waals surface area contributed by atoms with E-state index in [1.807, 2.05) is 0 Å². The summed E-state index contributed by atoms with van der Waals surface area (Å²) >= 11 is 5.38. The number of nitrogens with zero attached hydrogens (tertiary/aromatic N) is 1. The summed E-state index contributed by atoms with van der Waals surface area (Å²) in [5, 5.41) is 2.34. The molecule has 0 aromatic heterocycles. The molecule has 20 heavy (non-hydrogen) atoms. The molecule has 2 amide bonds. The molecule has 0 aliphatic carbocycles. The average Bonchev–Trinajstić information content (AvgIpc) is 2.35. The van der Waals surface area contributed by atoms with Crippen LogP contribution in [0, 0.1) is 0 Å². The lowest BCUT2D eigenvalue weighted by atomic mass is 10.1. The fourth-order valence-electron chi connectivity index (χ4n) is 1.34. The lowest BCUT2D eigenvalue weighted by molar-refractivity contribution is -0.138. The zero-order valence-electron chi connectivity index (χ0n) is 10.9. The average molecular weight is 311 g/mol. The Kier molecular flexibility index (Phi) is 5.50. The smallest absolute Gasteiger partial charge is 0.420 e. The third kappa shape index (κ3) is 4.48. The summed E-state index contributed by atoms with van der Waals surface area (Å²) in [4.78, 5) is 12.6. The molecular formula is C12H14ClF3N2O2. The van der Waals surface area contributed by atoms with E-state index in [1.165, 1.54) is 25.1 Å². The zero-order chi connectivity index (χ0) is 15.3. The summed E-state index contributed by atoms with van der Waals surface area (Å²) in [5.41, 5.74) is -0.923. The molecule has 0 spiro atoms. The Bertz CT molecular complexity index is 478. The van der Waals surface area contributed by atoms with Crippen molar-refractivity contribution < 1.29 is 22.7 Å². The predicted molar refractivity (Wildman–Crippen MR) is 70.4 cm³/mol. The SMILES string of the molecule is CN(C)C(=O)Nc1ccc(OCCCl)c(C(F)(F)F)c1. The molecule has 0 heterocycles. The largest absolute Gasteiger partial charge is 0.492 e. The van der Waals surface area contributed by atoms with Crippen molar-refractivity contribution in [2.24, 2.45) is 0 Å². The van der Waals surface area contributed by atoms with Crippen molar-refractivity contribution in [1.29, 1.82) is 0 Å². The molecule has 0 saturated carbocycles. The molecule has 0 unspecified atom stereocenters. The van der Waals surface area contributed by atoms with Crippen LogP contribution in [0.2, 0.25) is 0 Å². The number of nitrogens with one attached hydrogen (secondary N) is 1. The van der Waals surface area contributed by atoms with Crippen LogP contribution in [0.3, 0.4) is 0 Å². The van der Waals surface area contributed by atoms with Crippen LogP contribution in [0.1, 0.15) is 5.56 Å². The number of ether oxygens (including phenoxy) is 1. The Hall–Kier alpha value is -1.63. The normalized spacial score (nSPS) is 11.1. The van der Waals surface area contributed by atoms with Crippen LogP contribution >= 0.6 is 11.6 Å². The van der Waals surface area contributed by atoms with Gasteiger partial charge in [0.15, 0.2) is 0 Å². The van der Waals surface area contributed by atoms with Gasteiger partial charge in [0.2, 0.25) is 0 Å². The highest BCUT2D eigenvalue weighted by atomic mass is 35.5. The molecule has 0 aliphatic rings. The van der Waals surface area contributed by atoms with E-state index < -0.39 is 17.8 Å². The van der Waals surface area contributed by atoms with Crippen molar-refractivity contribution in [2.45, 2.75) is 6.18 Å². The maximum absolute atomic E-state index is 12.9. The van der Waals surface area contributed by atoms with E-state index in [1.54, 1.807) is 0 Å². The van der Waals surface area contributed by atoms with Crippen LogP contribution in [0.4, 0.5) is 23.7 Å². The number of carbonyl (C=O) groups is 1. The number of halogens is 4. The Morgan fingerprint density at radius 3 is 2.55 bits per heavy atom. The Balaban J connectivity index is 3.05. The van der Waals surface area contributed by atoms with Gasteiger partial charge in [-0.1, -0.05) is 0 Å². The van der Waals surface area contributed by atoms with E-state index in [4.69, 9.17) is 16.3 Å². The minimum atomic E-state index is -4.58. The topological polar surface area (TPSA) is 41.6 Å². The third-order valence-corrected chi connectivity index (χ3v) is 2.43. The second-order valence-electron chi connectivity index (χ2n) is 4.07. The third-order valence-electron chi connectivity index (χ3n) is 2.28. The highest BCUT2D eigenvalue weighted by Gasteiger charge is 2.34. The van der Waals surface area contributed by atoms with E-state index in [2.05, 4.69) is 5.32 Å². The van der Waals surface area contributed by atoms with Crippen molar-refractivity contribution in [3.8, 4) is 5.75 Å². The zero-order valence-corrected chi connectivity index (χ0v) is 11.7. The van der Waals surface area contributed by atoms with Crippen molar-refractivity contribution in [3.63, 3.8) is 0 Å². The second-order valence-corrected chi connectivity index (χ2v) is 4.45. The van der Waals surface area contributed by atoms with Gasteiger partial charge < -0.3 is 15.0 Å². The number of alkyl halides is 4. The molecule has 1 aromatic rings. The van der Waals surface area contributed by atoms with Gasteiger partial charge in [0, 0.05) is 19.8 Å². The molecule has 0 atom stereocenters. The van der Waals surface area contributed by atoms with E-state index >= 15 is 0 Å². The molecule has 0 aliphatic heterocycles. The summed E-state index contributed by atoms with van der Waals surface area (Å²) in [5.74, 6) is -0.239. The van der Waals surface area contributed by atoms with Gasteiger partial charge in [0.05, 0.1) is 11.4 Å². The molecule has 0 fully saturated rings. The monoisotopic (exact) mass is 310 g/mol. The van der Waals surface area contributed by atoms with Gasteiger partial charge in [0.1, 0.15) is 12.4 Å².